The zero-order chi connectivity index (χ0) is 23.7. The highest BCUT2D eigenvalue weighted by Gasteiger charge is 2.41. The number of carbonyl (C=O) groups is 1. The topological polar surface area (TPSA) is 93.4 Å². The molecule has 5 rings (SSSR count). The molecular formula is C27H31N5O2. The van der Waals surface area contributed by atoms with E-state index in [1.807, 2.05) is 23.1 Å². The zero-order valence-electron chi connectivity index (χ0n) is 19.5. The smallest absolute Gasteiger partial charge is 0.225 e. The van der Waals surface area contributed by atoms with Gasteiger partial charge in [-0.2, -0.15) is 5.26 Å². The Kier molecular flexibility index (Phi) is 6.34. The summed E-state index contributed by atoms with van der Waals surface area (Å²) in [6, 6.07) is 8.59. The first kappa shape index (κ1) is 22.5. The lowest BCUT2D eigenvalue weighted by Gasteiger charge is -2.42. The normalized spacial score (nSPS) is 20.2. The second-order valence-corrected chi connectivity index (χ2v) is 9.67. The van der Waals surface area contributed by atoms with Crippen LogP contribution in [0, 0.1) is 17.2 Å². The Hall–Kier alpha value is -3.24. The molecule has 0 aromatic carbocycles. The second kappa shape index (κ2) is 9.55. The summed E-state index contributed by atoms with van der Waals surface area (Å²) in [6.45, 7) is 5.65. The van der Waals surface area contributed by atoms with Crippen LogP contribution in [0.1, 0.15) is 66.1 Å². The van der Waals surface area contributed by atoms with Gasteiger partial charge in [0.15, 0.2) is 0 Å². The lowest BCUT2D eigenvalue weighted by atomic mass is 9.98. The van der Waals surface area contributed by atoms with Crippen molar-refractivity contribution in [3.05, 3.63) is 59.1 Å². The number of hydrogen-bond donors (Lipinski definition) is 1. The van der Waals surface area contributed by atoms with E-state index in [0.29, 0.717) is 43.5 Å². The summed E-state index contributed by atoms with van der Waals surface area (Å²) >= 11 is 0. The van der Waals surface area contributed by atoms with Crippen molar-refractivity contribution in [3.63, 3.8) is 0 Å². The Balaban J connectivity index is 1.44. The quantitative estimate of drug-likeness (QED) is 0.654. The first-order chi connectivity index (χ1) is 16.6. The number of carbonyl (C=O) groups excluding carboxylic acids is 1. The van der Waals surface area contributed by atoms with Crippen molar-refractivity contribution in [2.45, 2.75) is 50.5 Å². The summed E-state index contributed by atoms with van der Waals surface area (Å²) in [5.41, 5.74) is 4.79. The lowest BCUT2D eigenvalue weighted by molar-refractivity contribution is -0.135. The maximum atomic E-state index is 12.6. The predicted molar refractivity (Wildman–Crippen MR) is 130 cm³/mol. The number of aliphatic hydroxyl groups excluding tert-OH is 1. The number of anilines is 1. The first-order valence-electron chi connectivity index (χ1n) is 12.3. The molecule has 2 aromatic heterocycles. The Bertz CT molecular complexity index is 1130. The van der Waals surface area contributed by atoms with E-state index in [4.69, 9.17) is 4.98 Å². The SMILES string of the molecule is C=Cc1cc(Cc2cc(C#N)c(N3CCN(C(=O)CCO)C(C4CC4)C3)nc2C2CC2)ccn1. The van der Waals surface area contributed by atoms with E-state index >= 15 is 0 Å². The van der Waals surface area contributed by atoms with Gasteiger partial charge in [-0.05, 0) is 73.4 Å². The molecule has 2 saturated carbocycles. The Morgan fingerprint density at radius 1 is 1.26 bits per heavy atom. The van der Waals surface area contributed by atoms with Crippen LogP contribution in [0.3, 0.4) is 0 Å². The molecule has 0 bridgehead atoms. The highest BCUT2D eigenvalue weighted by atomic mass is 16.3. The molecule has 3 aliphatic rings. The molecule has 7 heteroatoms. The first-order valence-corrected chi connectivity index (χ1v) is 12.3. The fourth-order valence-corrected chi connectivity index (χ4v) is 5.11. The monoisotopic (exact) mass is 457 g/mol. The number of aromatic nitrogens is 2. The average molecular weight is 458 g/mol. The lowest BCUT2D eigenvalue weighted by Crippen LogP contribution is -2.56. The van der Waals surface area contributed by atoms with Crippen molar-refractivity contribution < 1.29 is 9.90 Å². The van der Waals surface area contributed by atoms with E-state index in [9.17, 15) is 15.2 Å². The minimum absolute atomic E-state index is 0.0257. The van der Waals surface area contributed by atoms with E-state index in [2.05, 4.69) is 22.5 Å². The number of aliphatic hydroxyl groups is 1. The third kappa shape index (κ3) is 4.69. The number of piperazine rings is 1. The van der Waals surface area contributed by atoms with Crippen LogP contribution in [-0.2, 0) is 11.2 Å². The molecule has 0 radical (unpaired) electrons. The highest BCUT2D eigenvalue weighted by molar-refractivity contribution is 5.77. The molecule has 3 fully saturated rings. The Labute approximate surface area is 200 Å². The zero-order valence-corrected chi connectivity index (χ0v) is 19.5. The summed E-state index contributed by atoms with van der Waals surface area (Å²) in [7, 11) is 0. The van der Waals surface area contributed by atoms with Crippen LogP contribution in [-0.4, -0.2) is 58.2 Å². The van der Waals surface area contributed by atoms with E-state index in [1.165, 1.54) is 0 Å². The van der Waals surface area contributed by atoms with Gasteiger partial charge in [-0.25, -0.2) is 4.98 Å². The van der Waals surface area contributed by atoms with E-state index in [0.717, 1.165) is 54.0 Å². The fourth-order valence-electron chi connectivity index (χ4n) is 5.11. The standard InChI is InChI=1S/C27H31N5O2/c1-2-23-14-18(7-9-29-23)13-21-15-22(16-28)27(30-26(21)20-5-6-20)31-10-11-32(25(34)8-12-33)24(17-31)19-3-4-19/h2,7,9,14-15,19-20,24,33H,1,3-6,8,10-13,17H2. The molecule has 1 atom stereocenters. The second-order valence-electron chi connectivity index (χ2n) is 9.67. The summed E-state index contributed by atoms with van der Waals surface area (Å²) in [5, 5.41) is 19.3. The largest absolute Gasteiger partial charge is 0.396 e. The molecule has 1 saturated heterocycles. The van der Waals surface area contributed by atoms with Gasteiger partial charge in [-0.15, -0.1) is 0 Å². The van der Waals surface area contributed by atoms with Crippen molar-refractivity contribution >= 4 is 17.8 Å². The fraction of sp³-hybridized carbons (Fsp3) is 0.481. The number of nitrogens with zero attached hydrogens (tertiary/aromatic N) is 5. The van der Waals surface area contributed by atoms with Crippen molar-refractivity contribution in [2.75, 3.05) is 31.1 Å². The van der Waals surface area contributed by atoms with Crippen LogP contribution in [0.25, 0.3) is 6.08 Å². The van der Waals surface area contributed by atoms with Crippen molar-refractivity contribution in [2.24, 2.45) is 5.92 Å². The van der Waals surface area contributed by atoms with Gasteiger partial charge in [0.1, 0.15) is 11.9 Å². The van der Waals surface area contributed by atoms with Crippen LogP contribution in [0.15, 0.2) is 31.0 Å². The van der Waals surface area contributed by atoms with Crippen molar-refractivity contribution in [1.29, 1.82) is 5.26 Å². The van der Waals surface area contributed by atoms with E-state index in [1.54, 1.807) is 12.3 Å². The van der Waals surface area contributed by atoms with Crippen LogP contribution >= 0.6 is 0 Å². The number of hydrogen-bond acceptors (Lipinski definition) is 6. The Morgan fingerprint density at radius 2 is 2.09 bits per heavy atom. The van der Waals surface area contributed by atoms with Crippen molar-refractivity contribution in [3.8, 4) is 6.07 Å². The van der Waals surface area contributed by atoms with Gasteiger partial charge in [0.2, 0.25) is 5.91 Å². The Morgan fingerprint density at radius 3 is 2.76 bits per heavy atom. The molecule has 2 aliphatic carbocycles. The van der Waals surface area contributed by atoms with Crippen LogP contribution in [0.4, 0.5) is 5.82 Å². The van der Waals surface area contributed by atoms with Gasteiger partial charge >= 0.3 is 0 Å². The highest BCUT2D eigenvalue weighted by Crippen LogP contribution is 2.43. The molecule has 1 aliphatic heterocycles. The van der Waals surface area contributed by atoms with Crippen LogP contribution < -0.4 is 4.90 Å². The van der Waals surface area contributed by atoms with Crippen LogP contribution in [0.2, 0.25) is 0 Å². The molecule has 1 unspecified atom stereocenters. The third-order valence-electron chi connectivity index (χ3n) is 7.18. The number of rotatable bonds is 8. The third-order valence-corrected chi connectivity index (χ3v) is 7.18. The summed E-state index contributed by atoms with van der Waals surface area (Å²) < 4.78 is 0. The van der Waals surface area contributed by atoms with Gasteiger partial charge in [-0.1, -0.05) is 6.58 Å². The molecule has 0 spiro atoms. The van der Waals surface area contributed by atoms with Gasteiger partial charge < -0.3 is 14.9 Å². The van der Waals surface area contributed by atoms with Gasteiger partial charge in [-0.3, -0.25) is 9.78 Å². The minimum atomic E-state index is -0.117. The molecule has 34 heavy (non-hydrogen) atoms. The summed E-state index contributed by atoms with van der Waals surface area (Å²) in [6.07, 6.45) is 8.96. The van der Waals surface area contributed by atoms with Gasteiger partial charge in [0, 0.05) is 43.9 Å². The van der Waals surface area contributed by atoms with E-state index in [-0.39, 0.29) is 25.0 Å². The molecule has 3 heterocycles. The molecule has 2 aromatic rings. The predicted octanol–water partition coefficient (Wildman–Crippen LogP) is 3.27. The van der Waals surface area contributed by atoms with Crippen molar-refractivity contribution in [1.82, 2.24) is 14.9 Å². The summed E-state index contributed by atoms with van der Waals surface area (Å²) in [4.78, 5) is 26.2. The average Bonchev–Trinajstić information content (AvgIpc) is 3.77. The number of pyridine rings is 2. The minimum Gasteiger partial charge on any atom is -0.396 e. The maximum Gasteiger partial charge on any atom is 0.225 e. The molecule has 1 amide bonds. The van der Waals surface area contributed by atoms with E-state index < -0.39 is 0 Å². The molecular weight excluding hydrogens is 426 g/mol. The molecule has 1 N–H and O–H groups in total. The summed E-state index contributed by atoms with van der Waals surface area (Å²) in [5.74, 6) is 1.74. The number of amides is 1. The number of nitriles is 1. The van der Waals surface area contributed by atoms with Crippen LogP contribution in [0.5, 0.6) is 0 Å². The molecule has 7 nitrogen and oxygen atoms in total. The van der Waals surface area contributed by atoms with Gasteiger partial charge in [0.25, 0.3) is 0 Å². The molecule has 176 valence electrons. The maximum absolute atomic E-state index is 12.6. The van der Waals surface area contributed by atoms with Gasteiger partial charge in [0.05, 0.1) is 23.9 Å².